The molecule has 3 rings (SSSR count). The van der Waals surface area contributed by atoms with Crippen molar-refractivity contribution in [1.29, 1.82) is 0 Å². The molecule has 1 heterocycles. The van der Waals surface area contributed by atoms with Gasteiger partial charge in [-0.25, -0.2) is 0 Å². The molecule has 0 aliphatic heterocycles. The zero-order chi connectivity index (χ0) is 17.6. The minimum absolute atomic E-state index is 0.163. The number of aromatic nitrogens is 1. The molecule has 0 aliphatic rings. The fraction of sp³-hybridized carbons (Fsp3) is 0.250. The van der Waals surface area contributed by atoms with Gasteiger partial charge in [-0.15, -0.1) is 0 Å². The average molecular weight is 338 g/mol. The predicted octanol–water partition coefficient (Wildman–Crippen LogP) is 2.96. The van der Waals surface area contributed by atoms with Crippen molar-refractivity contribution in [1.82, 2.24) is 10.3 Å². The topological polar surface area (TPSA) is 74.3 Å². The number of hydrogen-bond acceptors (Lipinski definition) is 3. The first-order chi connectivity index (χ1) is 12.2. The number of fused-ring (bicyclic) bond motifs is 1. The van der Waals surface area contributed by atoms with E-state index in [4.69, 9.17) is 4.74 Å². The summed E-state index contributed by atoms with van der Waals surface area (Å²) >= 11 is 0. The number of ether oxygens (including phenoxy) is 1. The Kier molecular flexibility index (Phi) is 5.48. The lowest BCUT2D eigenvalue weighted by Gasteiger charge is -2.12. The Morgan fingerprint density at radius 1 is 1.24 bits per heavy atom. The number of hydrogen-bond donors (Lipinski definition) is 3. The van der Waals surface area contributed by atoms with Crippen molar-refractivity contribution in [2.45, 2.75) is 13.0 Å². The van der Waals surface area contributed by atoms with Crippen molar-refractivity contribution in [3.8, 4) is 11.1 Å². The van der Waals surface area contributed by atoms with Crippen LogP contribution >= 0.6 is 0 Å². The van der Waals surface area contributed by atoms with Crippen LogP contribution in [0.1, 0.15) is 17.3 Å². The smallest absolute Gasteiger partial charge is 0.251 e. The monoisotopic (exact) mass is 338 g/mol. The van der Waals surface area contributed by atoms with Crippen LogP contribution < -0.4 is 5.32 Å². The maximum atomic E-state index is 12.4. The van der Waals surface area contributed by atoms with Crippen LogP contribution in [0.5, 0.6) is 0 Å². The van der Waals surface area contributed by atoms with Gasteiger partial charge in [-0.1, -0.05) is 24.3 Å². The first-order valence-electron chi connectivity index (χ1n) is 8.39. The third kappa shape index (κ3) is 4.07. The molecule has 25 heavy (non-hydrogen) atoms. The molecule has 0 unspecified atom stereocenters. The number of amides is 1. The summed E-state index contributed by atoms with van der Waals surface area (Å²) in [6.45, 7) is 2.78. The lowest BCUT2D eigenvalue weighted by molar-refractivity contribution is 0.0418. The maximum Gasteiger partial charge on any atom is 0.251 e. The van der Waals surface area contributed by atoms with Gasteiger partial charge in [-0.3, -0.25) is 4.79 Å². The Hall–Kier alpha value is -2.63. The molecule has 0 spiro atoms. The van der Waals surface area contributed by atoms with E-state index in [9.17, 15) is 9.90 Å². The molecule has 0 saturated carbocycles. The van der Waals surface area contributed by atoms with E-state index in [0.29, 0.717) is 12.2 Å². The van der Waals surface area contributed by atoms with E-state index in [0.717, 1.165) is 22.0 Å². The number of aliphatic hydroxyl groups is 1. The van der Waals surface area contributed by atoms with Crippen molar-refractivity contribution in [2.24, 2.45) is 0 Å². The summed E-state index contributed by atoms with van der Waals surface area (Å²) in [5.41, 5.74) is 3.68. The molecule has 1 aromatic heterocycles. The predicted molar refractivity (Wildman–Crippen MR) is 98.6 cm³/mol. The summed E-state index contributed by atoms with van der Waals surface area (Å²) in [4.78, 5) is 15.5. The molecule has 0 aliphatic carbocycles. The fourth-order valence-electron chi connectivity index (χ4n) is 2.79. The van der Waals surface area contributed by atoms with Crippen LogP contribution in [0, 0.1) is 0 Å². The highest BCUT2D eigenvalue weighted by molar-refractivity contribution is 5.99. The van der Waals surface area contributed by atoms with Crippen molar-refractivity contribution in [3.05, 3.63) is 60.3 Å². The zero-order valence-corrected chi connectivity index (χ0v) is 14.2. The van der Waals surface area contributed by atoms with E-state index in [1.54, 1.807) is 6.07 Å². The summed E-state index contributed by atoms with van der Waals surface area (Å²) in [6, 6.07) is 15.6. The summed E-state index contributed by atoms with van der Waals surface area (Å²) in [6.07, 6.45) is 1.20. The van der Waals surface area contributed by atoms with Gasteiger partial charge in [0.25, 0.3) is 5.91 Å². The van der Waals surface area contributed by atoms with Crippen LogP contribution in [0.4, 0.5) is 0 Å². The summed E-state index contributed by atoms with van der Waals surface area (Å²) in [7, 11) is 0. The van der Waals surface area contributed by atoms with Gasteiger partial charge in [0, 0.05) is 35.8 Å². The number of carbonyl (C=O) groups excluding carboxylic acids is 1. The first kappa shape index (κ1) is 17.2. The highest BCUT2D eigenvalue weighted by atomic mass is 16.5. The number of H-pyrrole nitrogens is 1. The highest BCUT2D eigenvalue weighted by Crippen LogP contribution is 2.28. The van der Waals surface area contributed by atoms with E-state index in [2.05, 4.69) is 10.3 Å². The van der Waals surface area contributed by atoms with Gasteiger partial charge in [0.05, 0.1) is 12.7 Å². The second kappa shape index (κ2) is 7.96. The number of aliphatic hydroxyl groups excluding tert-OH is 1. The first-order valence-corrected chi connectivity index (χ1v) is 8.39. The van der Waals surface area contributed by atoms with E-state index in [1.165, 1.54) is 0 Å². The molecular weight excluding hydrogens is 316 g/mol. The van der Waals surface area contributed by atoms with Crippen molar-refractivity contribution >= 4 is 16.8 Å². The van der Waals surface area contributed by atoms with E-state index >= 15 is 0 Å². The molecular formula is C20H22N2O3. The van der Waals surface area contributed by atoms with Crippen LogP contribution in [-0.2, 0) is 4.74 Å². The van der Waals surface area contributed by atoms with Crippen LogP contribution in [0.3, 0.4) is 0 Å². The SMILES string of the molecule is CCOC[C@@H](O)CNC(=O)c1cccc(-c2cccc3[nH]ccc23)c1. The van der Waals surface area contributed by atoms with Crippen LogP contribution in [0.15, 0.2) is 54.7 Å². The van der Waals surface area contributed by atoms with Crippen molar-refractivity contribution < 1.29 is 14.6 Å². The lowest BCUT2D eigenvalue weighted by atomic mass is 9.99. The van der Waals surface area contributed by atoms with Gasteiger partial charge >= 0.3 is 0 Å². The number of aromatic amines is 1. The minimum Gasteiger partial charge on any atom is -0.389 e. The molecule has 2 aromatic carbocycles. The molecule has 1 amide bonds. The largest absolute Gasteiger partial charge is 0.389 e. The Morgan fingerprint density at radius 3 is 2.92 bits per heavy atom. The number of rotatable bonds is 7. The minimum atomic E-state index is -0.708. The van der Waals surface area contributed by atoms with Crippen molar-refractivity contribution in [3.63, 3.8) is 0 Å². The average Bonchev–Trinajstić information content (AvgIpc) is 3.13. The molecule has 0 radical (unpaired) electrons. The molecule has 0 fully saturated rings. The van der Waals surface area contributed by atoms with Crippen LogP contribution in [-0.4, -0.2) is 41.9 Å². The molecule has 0 saturated heterocycles. The quantitative estimate of drug-likeness (QED) is 0.620. The van der Waals surface area contributed by atoms with E-state index < -0.39 is 6.10 Å². The molecule has 5 heteroatoms. The molecule has 5 nitrogen and oxygen atoms in total. The summed E-state index contributed by atoms with van der Waals surface area (Å²) < 4.78 is 5.14. The highest BCUT2D eigenvalue weighted by Gasteiger charge is 2.11. The Balaban J connectivity index is 1.75. The standard InChI is InChI=1S/C20H22N2O3/c1-2-25-13-16(23)12-22-20(24)15-6-3-5-14(11-15)17-7-4-8-19-18(17)9-10-21-19/h3-11,16,21,23H,2,12-13H2,1H3,(H,22,24)/t16-/m0/s1. The number of carbonyl (C=O) groups is 1. The zero-order valence-electron chi connectivity index (χ0n) is 14.2. The van der Waals surface area contributed by atoms with Gasteiger partial charge in [0.1, 0.15) is 0 Å². The van der Waals surface area contributed by atoms with Gasteiger partial charge < -0.3 is 20.1 Å². The number of benzene rings is 2. The molecule has 0 bridgehead atoms. The molecule has 130 valence electrons. The van der Waals surface area contributed by atoms with Gasteiger partial charge in [-0.05, 0) is 42.3 Å². The van der Waals surface area contributed by atoms with Gasteiger partial charge in [0.15, 0.2) is 0 Å². The third-order valence-corrected chi connectivity index (χ3v) is 4.04. The second-order valence-corrected chi connectivity index (χ2v) is 5.85. The summed E-state index contributed by atoms with van der Waals surface area (Å²) in [5.74, 6) is -0.210. The third-order valence-electron chi connectivity index (χ3n) is 4.04. The fourth-order valence-corrected chi connectivity index (χ4v) is 2.79. The molecule has 3 N–H and O–H groups in total. The number of nitrogens with one attached hydrogen (secondary N) is 2. The van der Waals surface area contributed by atoms with Gasteiger partial charge in [-0.2, -0.15) is 0 Å². The maximum absolute atomic E-state index is 12.4. The van der Waals surface area contributed by atoms with Crippen molar-refractivity contribution in [2.75, 3.05) is 19.8 Å². The molecule has 3 aromatic rings. The normalized spacial score (nSPS) is 12.2. The van der Waals surface area contributed by atoms with E-state index in [-0.39, 0.29) is 19.1 Å². The van der Waals surface area contributed by atoms with E-state index in [1.807, 2.05) is 55.6 Å². The van der Waals surface area contributed by atoms with Crippen LogP contribution in [0.25, 0.3) is 22.0 Å². The Labute approximate surface area is 146 Å². The lowest BCUT2D eigenvalue weighted by Crippen LogP contribution is -2.34. The molecule has 1 atom stereocenters. The summed E-state index contributed by atoms with van der Waals surface area (Å²) in [5, 5.41) is 13.6. The van der Waals surface area contributed by atoms with Crippen LogP contribution in [0.2, 0.25) is 0 Å². The van der Waals surface area contributed by atoms with Gasteiger partial charge in [0.2, 0.25) is 0 Å². The second-order valence-electron chi connectivity index (χ2n) is 5.85. The Bertz CT molecular complexity index is 857. The Morgan fingerprint density at radius 2 is 2.08 bits per heavy atom.